The number of fused-ring (bicyclic) bond motifs is 1. The lowest BCUT2D eigenvalue weighted by atomic mass is 10.1. The predicted octanol–water partition coefficient (Wildman–Crippen LogP) is 2.30. The number of carbonyl (C=O) groups is 1. The topological polar surface area (TPSA) is 50.4 Å². The summed E-state index contributed by atoms with van der Waals surface area (Å²) in [6, 6.07) is 6.62. The van der Waals surface area contributed by atoms with Crippen molar-refractivity contribution in [3.8, 4) is 5.75 Å². The number of anilines is 1. The lowest BCUT2D eigenvalue weighted by Crippen LogP contribution is -2.30. The fraction of sp³-hybridized carbons (Fsp3) is 0.533. The highest BCUT2D eigenvalue weighted by atomic mass is 16.5. The third kappa shape index (κ3) is 2.73. The number of benzene rings is 1. The first-order valence-electron chi connectivity index (χ1n) is 7.01. The lowest BCUT2D eigenvalue weighted by molar-refractivity contribution is -0.118. The summed E-state index contributed by atoms with van der Waals surface area (Å²) in [5.41, 5.74) is 1.97. The molecule has 1 amide bonds. The molecule has 0 bridgehead atoms. The van der Waals surface area contributed by atoms with E-state index in [1.807, 2.05) is 12.1 Å². The van der Waals surface area contributed by atoms with Crippen molar-refractivity contribution in [3.05, 3.63) is 23.8 Å². The molecule has 1 saturated carbocycles. The monoisotopic (exact) mass is 260 g/mol. The van der Waals surface area contributed by atoms with Crippen LogP contribution in [0, 0.1) is 5.92 Å². The molecule has 4 nitrogen and oxygen atoms in total. The molecule has 0 saturated heterocycles. The minimum atomic E-state index is -0.0815. The molecule has 1 heterocycles. The third-order valence-electron chi connectivity index (χ3n) is 4.11. The number of carbonyl (C=O) groups excluding carboxylic acids is 1. The van der Waals surface area contributed by atoms with Gasteiger partial charge in [0.05, 0.1) is 5.69 Å². The first-order valence-corrected chi connectivity index (χ1v) is 7.01. The Kier molecular flexibility index (Phi) is 3.42. The van der Waals surface area contributed by atoms with Crippen LogP contribution in [0.1, 0.15) is 31.7 Å². The van der Waals surface area contributed by atoms with Gasteiger partial charge >= 0.3 is 0 Å². The minimum Gasteiger partial charge on any atom is -0.482 e. The average molecular weight is 260 g/mol. The molecule has 4 heteroatoms. The molecule has 2 aliphatic rings. The second kappa shape index (κ2) is 5.21. The molecule has 102 valence electrons. The number of hydrogen-bond donors (Lipinski definition) is 2. The van der Waals surface area contributed by atoms with Crippen LogP contribution >= 0.6 is 0 Å². The Balaban J connectivity index is 1.65. The first kappa shape index (κ1) is 12.5. The number of rotatable bonds is 3. The Morgan fingerprint density at radius 3 is 3.11 bits per heavy atom. The van der Waals surface area contributed by atoms with Crippen molar-refractivity contribution < 1.29 is 9.53 Å². The maximum atomic E-state index is 11.3. The van der Waals surface area contributed by atoms with Gasteiger partial charge in [-0.2, -0.15) is 0 Å². The molecule has 0 aromatic heterocycles. The van der Waals surface area contributed by atoms with Gasteiger partial charge in [0, 0.05) is 12.6 Å². The van der Waals surface area contributed by atoms with Crippen molar-refractivity contribution in [1.82, 2.24) is 5.32 Å². The van der Waals surface area contributed by atoms with E-state index in [0.29, 0.717) is 6.04 Å². The predicted molar refractivity (Wildman–Crippen MR) is 74.2 cm³/mol. The van der Waals surface area contributed by atoms with E-state index < -0.39 is 0 Å². The molecule has 1 aromatic carbocycles. The summed E-state index contributed by atoms with van der Waals surface area (Å²) in [4.78, 5) is 11.3. The van der Waals surface area contributed by atoms with Crippen molar-refractivity contribution in [3.63, 3.8) is 0 Å². The van der Waals surface area contributed by atoms with Gasteiger partial charge in [-0.25, -0.2) is 0 Å². The molecule has 0 radical (unpaired) electrons. The third-order valence-corrected chi connectivity index (χ3v) is 4.11. The van der Waals surface area contributed by atoms with E-state index in [4.69, 9.17) is 4.74 Å². The standard InChI is InChI=1S/C15H20N2O2/c1-10-3-2-4-12(10)16-8-11-5-6-14-13(7-11)17-15(18)9-19-14/h5-7,10,12,16H,2-4,8-9H2,1H3,(H,17,18). The summed E-state index contributed by atoms with van der Waals surface area (Å²) >= 11 is 0. The molecule has 1 aromatic rings. The van der Waals surface area contributed by atoms with Crippen molar-refractivity contribution in [2.45, 2.75) is 38.8 Å². The van der Waals surface area contributed by atoms with E-state index in [9.17, 15) is 4.79 Å². The number of ether oxygens (including phenoxy) is 1. The Bertz CT molecular complexity index is 487. The zero-order valence-corrected chi connectivity index (χ0v) is 11.2. The van der Waals surface area contributed by atoms with Gasteiger partial charge in [-0.3, -0.25) is 4.79 Å². The van der Waals surface area contributed by atoms with Crippen LogP contribution in [-0.4, -0.2) is 18.6 Å². The van der Waals surface area contributed by atoms with Crippen LogP contribution in [-0.2, 0) is 11.3 Å². The number of nitrogens with one attached hydrogen (secondary N) is 2. The summed E-state index contributed by atoms with van der Waals surface area (Å²) in [5.74, 6) is 1.44. The maximum Gasteiger partial charge on any atom is 0.262 e. The summed E-state index contributed by atoms with van der Waals surface area (Å²) in [6.45, 7) is 3.27. The first-order chi connectivity index (χ1) is 9.22. The van der Waals surface area contributed by atoms with Gasteiger partial charge in [0.25, 0.3) is 5.91 Å². The number of hydrogen-bond acceptors (Lipinski definition) is 3. The van der Waals surface area contributed by atoms with Crippen LogP contribution in [0.3, 0.4) is 0 Å². The highest BCUT2D eigenvalue weighted by Gasteiger charge is 2.22. The van der Waals surface area contributed by atoms with Gasteiger partial charge in [0.2, 0.25) is 0 Å². The summed E-state index contributed by atoms with van der Waals surface area (Å²) < 4.78 is 5.35. The highest BCUT2D eigenvalue weighted by molar-refractivity contribution is 5.95. The molecule has 2 atom stereocenters. The minimum absolute atomic E-state index is 0.0815. The SMILES string of the molecule is CC1CCCC1NCc1ccc2c(c1)NC(=O)CO2. The Morgan fingerprint density at radius 1 is 1.42 bits per heavy atom. The second-order valence-corrected chi connectivity index (χ2v) is 5.56. The molecule has 0 spiro atoms. The van der Waals surface area contributed by atoms with Crippen LogP contribution in [0.4, 0.5) is 5.69 Å². The molecule has 3 rings (SSSR count). The Morgan fingerprint density at radius 2 is 2.32 bits per heavy atom. The zero-order valence-electron chi connectivity index (χ0n) is 11.2. The van der Waals surface area contributed by atoms with Crippen molar-refractivity contribution in [2.75, 3.05) is 11.9 Å². The van der Waals surface area contributed by atoms with Crippen molar-refractivity contribution in [2.24, 2.45) is 5.92 Å². The maximum absolute atomic E-state index is 11.3. The molecule has 1 fully saturated rings. The van der Waals surface area contributed by atoms with E-state index in [1.165, 1.54) is 24.8 Å². The van der Waals surface area contributed by atoms with Crippen LogP contribution in [0.15, 0.2) is 18.2 Å². The molecular formula is C15H20N2O2. The summed E-state index contributed by atoms with van der Waals surface area (Å²) in [6.07, 6.45) is 3.92. The van der Waals surface area contributed by atoms with Gasteiger partial charge in [0.1, 0.15) is 5.75 Å². The van der Waals surface area contributed by atoms with E-state index in [-0.39, 0.29) is 12.5 Å². The average Bonchev–Trinajstić information content (AvgIpc) is 2.81. The summed E-state index contributed by atoms with van der Waals surface area (Å²) in [7, 11) is 0. The van der Waals surface area contributed by atoms with Crippen LogP contribution in [0.2, 0.25) is 0 Å². The summed E-state index contributed by atoms with van der Waals surface area (Å²) in [5, 5.41) is 6.46. The molecule has 1 aliphatic heterocycles. The normalized spacial score (nSPS) is 25.6. The van der Waals surface area contributed by atoms with E-state index >= 15 is 0 Å². The number of amides is 1. The molecule has 19 heavy (non-hydrogen) atoms. The van der Waals surface area contributed by atoms with Gasteiger partial charge in [0.15, 0.2) is 6.61 Å². The van der Waals surface area contributed by atoms with Crippen LogP contribution in [0.5, 0.6) is 5.75 Å². The molecular weight excluding hydrogens is 240 g/mol. The smallest absolute Gasteiger partial charge is 0.262 e. The van der Waals surface area contributed by atoms with Crippen molar-refractivity contribution in [1.29, 1.82) is 0 Å². The van der Waals surface area contributed by atoms with Gasteiger partial charge in [-0.05, 0) is 36.5 Å². The van der Waals surface area contributed by atoms with E-state index in [1.54, 1.807) is 0 Å². The highest BCUT2D eigenvalue weighted by Crippen LogP contribution is 2.29. The Labute approximate surface area is 113 Å². The zero-order chi connectivity index (χ0) is 13.2. The fourth-order valence-electron chi connectivity index (χ4n) is 2.94. The molecule has 2 N–H and O–H groups in total. The quantitative estimate of drug-likeness (QED) is 0.876. The Hall–Kier alpha value is -1.55. The van der Waals surface area contributed by atoms with E-state index in [0.717, 1.165) is 23.9 Å². The van der Waals surface area contributed by atoms with Gasteiger partial charge in [-0.1, -0.05) is 19.4 Å². The fourth-order valence-corrected chi connectivity index (χ4v) is 2.94. The van der Waals surface area contributed by atoms with E-state index in [2.05, 4.69) is 23.6 Å². The van der Waals surface area contributed by atoms with Gasteiger partial charge < -0.3 is 15.4 Å². The molecule has 2 unspecified atom stereocenters. The lowest BCUT2D eigenvalue weighted by Gasteiger charge is -2.20. The largest absolute Gasteiger partial charge is 0.482 e. The van der Waals surface area contributed by atoms with Crippen LogP contribution < -0.4 is 15.4 Å². The van der Waals surface area contributed by atoms with Gasteiger partial charge in [-0.15, -0.1) is 0 Å². The van der Waals surface area contributed by atoms with Crippen molar-refractivity contribution >= 4 is 11.6 Å². The molecule has 1 aliphatic carbocycles. The second-order valence-electron chi connectivity index (χ2n) is 5.56. The van der Waals surface area contributed by atoms with Crippen LogP contribution in [0.25, 0.3) is 0 Å².